The summed E-state index contributed by atoms with van der Waals surface area (Å²) in [5.41, 5.74) is 6.90. The first-order valence-electron chi connectivity index (χ1n) is 7.05. The van der Waals surface area contributed by atoms with Gasteiger partial charge in [-0.25, -0.2) is 0 Å². The SMILES string of the molecule is C=Cc1c(CC)c(CC)c(OC)c(CC)c1CC. The van der Waals surface area contributed by atoms with Crippen molar-refractivity contribution in [2.45, 2.75) is 53.4 Å². The average molecular weight is 246 g/mol. The van der Waals surface area contributed by atoms with Gasteiger partial charge in [0.25, 0.3) is 0 Å². The predicted molar refractivity (Wildman–Crippen MR) is 80.6 cm³/mol. The van der Waals surface area contributed by atoms with E-state index in [0.717, 1.165) is 31.4 Å². The Morgan fingerprint density at radius 2 is 1.22 bits per heavy atom. The van der Waals surface area contributed by atoms with Crippen molar-refractivity contribution in [3.8, 4) is 5.75 Å². The van der Waals surface area contributed by atoms with Crippen molar-refractivity contribution in [1.29, 1.82) is 0 Å². The quantitative estimate of drug-likeness (QED) is 0.713. The van der Waals surface area contributed by atoms with E-state index in [9.17, 15) is 0 Å². The molecule has 0 aliphatic heterocycles. The van der Waals surface area contributed by atoms with E-state index < -0.39 is 0 Å². The van der Waals surface area contributed by atoms with Crippen molar-refractivity contribution in [3.63, 3.8) is 0 Å². The molecule has 1 heteroatoms. The topological polar surface area (TPSA) is 9.23 Å². The van der Waals surface area contributed by atoms with Gasteiger partial charge in [-0.3, -0.25) is 0 Å². The van der Waals surface area contributed by atoms with Gasteiger partial charge >= 0.3 is 0 Å². The number of hydrogen-bond donors (Lipinski definition) is 0. The zero-order chi connectivity index (χ0) is 13.7. The van der Waals surface area contributed by atoms with E-state index in [1.54, 1.807) is 7.11 Å². The molecule has 1 aromatic rings. The van der Waals surface area contributed by atoms with Crippen LogP contribution < -0.4 is 4.74 Å². The summed E-state index contributed by atoms with van der Waals surface area (Å²) in [5, 5.41) is 0. The third kappa shape index (κ3) is 2.31. The zero-order valence-electron chi connectivity index (χ0n) is 12.5. The largest absolute Gasteiger partial charge is 0.496 e. The van der Waals surface area contributed by atoms with E-state index in [-0.39, 0.29) is 0 Å². The second kappa shape index (κ2) is 6.63. The molecule has 0 bridgehead atoms. The maximum absolute atomic E-state index is 5.71. The van der Waals surface area contributed by atoms with Crippen LogP contribution in [-0.2, 0) is 25.7 Å². The van der Waals surface area contributed by atoms with Gasteiger partial charge in [0.05, 0.1) is 7.11 Å². The van der Waals surface area contributed by atoms with Crippen LogP contribution in [0.5, 0.6) is 5.75 Å². The Balaban J connectivity index is 3.77. The van der Waals surface area contributed by atoms with Gasteiger partial charge in [-0.2, -0.15) is 0 Å². The Labute approximate surface area is 112 Å². The first kappa shape index (κ1) is 14.8. The molecule has 0 radical (unpaired) electrons. The summed E-state index contributed by atoms with van der Waals surface area (Å²) >= 11 is 0. The fourth-order valence-corrected chi connectivity index (χ4v) is 3.01. The van der Waals surface area contributed by atoms with Crippen molar-refractivity contribution >= 4 is 6.08 Å². The first-order valence-corrected chi connectivity index (χ1v) is 7.05. The maximum Gasteiger partial charge on any atom is 0.125 e. The van der Waals surface area contributed by atoms with Crippen LogP contribution >= 0.6 is 0 Å². The van der Waals surface area contributed by atoms with E-state index in [0.29, 0.717) is 0 Å². The normalized spacial score (nSPS) is 10.5. The molecule has 0 saturated carbocycles. The van der Waals surface area contributed by atoms with Gasteiger partial charge in [0, 0.05) is 0 Å². The Kier molecular flexibility index (Phi) is 5.46. The number of ether oxygens (including phenoxy) is 1. The third-order valence-electron chi connectivity index (χ3n) is 3.75. The molecule has 0 aliphatic rings. The van der Waals surface area contributed by atoms with Crippen LogP contribution in [0, 0.1) is 0 Å². The Morgan fingerprint density at radius 3 is 1.44 bits per heavy atom. The molecule has 1 nitrogen and oxygen atoms in total. The number of benzene rings is 1. The standard InChI is InChI=1S/C17H26O/c1-7-12-13(8-2)15(10-4)17(18-6)16(11-5)14(12)9-3/h7H,1,8-11H2,2-6H3. The highest BCUT2D eigenvalue weighted by Crippen LogP contribution is 2.36. The average Bonchev–Trinajstić information content (AvgIpc) is 2.43. The highest BCUT2D eigenvalue weighted by molar-refractivity contribution is 5.66. The lowest BCUT2D eigenvalue weighted by atomic mass is 9.86. The minimum absolute atomic E-state index is 1.02. The van der Waals surface area contributed by atoms with E-state index in [1.807, 2.05) is 6.08 Å². The van der Waals surface area contributed by atoms with Gasteiger partial charge in [-0.15, -0.1) is 0 Å². The lowest BCUT2D eigenvalue weighted by molar-refractivity contribution is 0.404. The Hall–Kier alpha value is -1.24. The van der Waals surface area contributed by atoms with Crippen LogP contribution in [0.3, 0.4) is 0 Å². The van der Waals surface area contributed by atoms with Crippen LogP contribution in [0.25, 0.3) is 6.08 Å². The molecule has 0 fully saturated rings. The van der Waals surface area contributed by atoms with Gasteiger partial charge in [-0.1, -0.05) is 40.3 Å². The fraction of sp³-hybridized carbons (Fsp3) is 0.529. The van der Waals surface area contributed by atoms with Gasteiger partial charge in [-0.05, 0) is 53.5 Å². The summed E-state index contributed by atoms with van der Waals surface area (Å²) in [6, 6.07) is 0. The lowest BCUT2D eigenvalue weighted by Crippen LogP contribution is -2.08. The smallest absolute Gasteiger partial charge is 0.125 e. The molecular weight excluding hydrogens is 220 g/mol. The maximum atomic E-state index is 5.71. The molecule has 0 N–H and O–H groups in total. The summed E-state index contributed by atoms with van der Waals surface area (Å²) in [5.74, 6) is 1.11. The molecule has 0 spiro atoms. The molecule has 100 valence electrons. The molecule has 0 heterocycles. The fourth-order valence-electron chi connectivity index (χ4n) is 3.01. The third-order valence-corrected chi connectivity index (χ3v) is 3.75. The van der Waals surface area contributed by atoms with Crippen molar-refractivity contribution in [3.05, 3.63) is 34.4 Å². The molecule has 0 aliphatic carbocycles. The number of rotatable bonds is 6. The van der Waals surface area contributed by atoms with Crippen molar-refractivity contribution < 1.29 is 4.74 Å². The number of methoxy groups -OCH3 is 1. The van der Waals surface area contributed by atoms with Crippen LogP contribution in [-0.4, -0.2) is 7.11 Å². The van der Waals surface area contributed by atoms with Crippen molar-refractivity contribution in [2.24, 2.45) is 0 Å². The molecular formula is C17H26O. The predicted octanol–water partition coefficient (Wildman–Crippen LogP) is 4.59. The molecule has 1 aromatic carbocycles. The highest BCUT2D eigenvalue weighted by Gasteiger charge is 2.19. The van der Waals surface area contributed by atoms with Gasteiger partial charge < -0.3 is 4.74 Å². The van der Waals surface area contributed by atoms with E-state index in [1.165, 1.54) is 27.8 Å². The molecule has 0 atom stereocenters. The molecule has 0 saturated heterocycles. The molecule has 0 amide bonds. The second-order valence-corrected chi connectivity index (χ2v) is 4.48. The summed E-state index contributed by atoms with van der Waals surface area (Å²) in [7, 11) is 1.79. The van der Waals surface area contributed by atoms with Gasteiger partial charge in [0.15, 0.2) is 0 Å². The minimum Gasteiger partial charge on any atom is -0.496 e. The summed E-state index contributed by atoms with van der Waals surface area (Å²) in [4.78, 5) is 0. The highest BCUT2D eigenvalue weighted by atomic mass is 16.5. The number of hydrogen-bond acceptors (Lipinski definition) is 1. The van der Waals surface area contributed by atoms with Crippen molar-refractivity contribution in [1.82, 2.24) is 0 Å². The Morgan fingerprint density at radius 1 is 0.833 bits per heavy atom. The molecule has 0 aromatic heterocycles. The summed E-state index contributed by atoms with van der Waals surface area (Å²) < 4.78 is 5.71. The van der Waals surface area contributed by atoms with Crippen LogP contribution in [0.15, 0.2) is 6.58 Å². The summed E-state index contributed by atoms with van der Waals surface area (Å²) in [6.07, 6.45) is 6.14. The first-order chi connectivity index (χ1) is 8.69. The van der Waals surface area contributed by atoms with E-state index in [4.69, 9.17) is 4.74 Å². The van der Waals surface area contributed by atoms with Crippen LogP contribution in [0.2, 0.25) is 0 Å². The van der Waals surface area contributed by atoms with Gasteiger partial charge in [0.1, 0.15) is 5.75 Å². The second-order valence-electron chi connectivity index (χ2n) is 4.48. The molecule has 0 unspecified atom stereocenters. The minimum atomic E-state index is 1.02. The van der Waals surface area contributed by atoms with E-state index in [2.05, 4.69) is 34.3 Å². The summed E-state index contributed by atoms with van der Waals surface area (Å²) in [6.45, 7) is 12.8. The molecule has 18 heavy (non-hydrogen) atoms. The van der Waals surface area contributed by atoms with E-state index >= 15 is 0 Å². The monoisotopic (exact) mass is 246 g/mol. The molecule has 1 rings (SSSR count). The zero-order valence-corrected chi connectivity index (χ0v) is 12.5. The van der Waals surface area contributed by atoms with Gasteiger partial charge in [0.2, 0.25) is 0 Å². The van der Waals surface area contributed by atoms with Crippen LogP contribution in [0.1, 0.15) is 55.5 Å². The van der Waals surface area contributed by atoms with Crippen LogP contribution in [0.4, 0.5) is 0 Å². The lowest BCUT2D eigenvalue weighted by Gasteiger charge is -2.23. The Bertz CT molecular complexity index is 397. The van der Waals surface area contributed by atoms with Crippen molar-refractivity contribution in [2.75, 3.05) is 7.11 Å².